The molecule has 0 amide bonds. The zero-order chi connectivity index (χ0) is 11.9. The number of sulfone groups is 1. The number of hydrogen-bond acceptors (Lipinski definition) is 6. The molecular formula is C10H15N3O2S2. The SMILES string of the molecule is O=S1(=O)CCCC1CNc1nc(C2CC2)ns1. The summed E-state index contributed by atoms with van der Waals surface area (Å²) < 4.78 is 27.5. The van der Waals surface area contributed by atoms with E-state index in [1.54, 1.807) is 0 Å². The van der Waals surface area contributed by atoms with Gasteiger partial charge in [-0.15, -0.1) is 0 Å². The Labute approximate surface area is 105 Å². The van der Waals surface area contributed by atoms with Crippen LogP contribution in [0.15, 0.2) is 0 Å². The maximum atomic E-state index is 11.6. The van der Waals surface area contributed by atoms with Crippen LogP contribution in [0.1, 0.15) is 37.4 Å². The van der Waals surface area contributed by atoms with Gasteiger partial charge in [-0.3, -0.25) is 0 Å². The van der Waals surface area contributed by atoms with Gasteiger partial charge in [-0.25, -0.2) is 13.4 Å². The first-order chi connectivity index (χ1) is 8.15. The van der Waals surface area contributed by atoms with Gasteiger partial charge in [0.05, 0.1) is 11.0 Å². The maximum Gasteiger partial charge on any atom is 0.202 e. The molecular weight excluding hydrogens is 258 g/mol. The van der Waals surface area contributed by atoms with Crippen molar-refractivity contribution < 1.29 is 8.42 Å². The molecule has 1 N–H and O–H groups in total. The Morgan fingerprint density at radius 1 is 1.35 bits per heavy atom. The zero-order valence-corrected chi connectivity index (χ0v) is 11.1. The van der Waals surface area contributed by atoms with E-state index in [1.165, 1.54) is 24.4 Å². The number of nitrogens with zero attached hydrogens (tertiary/aromatic N) is 2. The van der Waals surface area contributed by atoms with Crippen molar-refractivity contribution in [3.8, 4) is 0 Å². The highest BCUT2D eigenvalue weighted by molar-refractivity contribution is 7.92. The van der Waals surface area contributed by atoms with Crippen molar-refractivity contribution in [1.29, 1.82) is 0 Å². The molecule has 3 rings (SSSR count). The summed E-state index contributed by atoms with van der Waals surface area (Å²) in [5, 5.41) is 3.63. The molecule has 0 radical (unpaired) electrons. The second kappa shape index (κ2) is 4.20. The molecule has 1 unspecified atom stereocenters. The van der Waals surface area contributed by atoms with Crippen molar-refractivity contribution in [1.82, 2.24) is 9.36 Å². The lowest BCUT2D eigenvalue weighted by atomic mass is 10.2. The van der Waals surface area contributed by atoms with E-state index in [2.05, 4.69) is 14.7 Å². The number of anilines is 1. The van der Waals surface area contributed by atoms with E-state index in [-0.39, 0.29) is 5.25 Å². The number of nitrogens with one attached hydrogen (secondary N) is 1. The number of aromatic nitrogens is 2. The summed E-state index contributed by atoms with van der Waals surface area (Å²) >= 11 is 1.33. The van der Waals surface area contributed by atoms with Crippen LogP contribution in [0.2, 0.25) is 0 Å². The molecule has 0 aromatic carbocycles. The molecule has 1 aromatic rings. The first-order valence-corrected chi connectivity index (χ1v) is 8.43. The fourth-order valence-corrected chi connectivity index (χ4v) is 4.52. The summed E-state index contributed by atoms with van der Waals surface area (Å²) in [5.74, 6) is 1.81. The average molecular weight is 273 g/mol. The molecule has 0 bridgehead atoms. The molecule has 5 nitrogen and oxygen atoms in total. The van der Waals surface area contributed by atoms with Crippen molar-refractivity contribution in [2.45, 2.75) is 36.9 Å². The van der Waals surface area contributed by atoms with Crippen LogP contribution in [0.5, 0.6) is 0 Å². The van der Waals surface area contributed by atoms with Crippen LogP contribution in [0.25, 0.3) is 0 Å². The van der Waals surface area contributed by atoms with Crippen LogP contribution >= 0.6 is 11.5 Å². The molecule has 1 saturated heterocycles. The lowest BCUT2D eigenvalue weighted by molar-refractivity contribution is 0.591. The first-order valence-electron chi connectivity index (χ1n) is 5.94. The minimum Gasteiger partial charge on any atom is -0.359 e. The van der Waals surface area contributed by atoms with Crippen molar-refractivity contribution in [3.05, 3.63) is 5.82 Å². The van der Waals surface area contributed by atoms with E-state index in [4.69, 9.17) is 0 Å². The van der Waals surface area contributed by atoms with Crippen molar-refractivity contribution in [2.24, 2.45) is 0 Å². The van der Waals surface area contributed by atoms with E-state index in [9.17, 15) is 8.42 Å². The molecule has 2 fully saturated rings. The van der Waals surface area contributed by atoms with Crippen molar-refractivity contribution in [3.63, 3.8) is 0 Å². The Morgan fingerprint density at radius 3 is 2.82 bits per heavy atom. The molecule has 1 aromatic heterocycles. The van der Waals surface area contributed by atoms with E-state index in [0.717, 1.165) is 23.8 Å². The highest BCUT2D eigenvalue weighted by atomic mass is 32.2. The highest BCUT2D eigenvalue weighted by Crippen LogP contribution is 2.39. The zero-order valence-electron chi connectivity index (χ0n) is 9.42. The molecule has 2 aliphatic rings. The van der Waals surface area contributed by atoms with Gasteiger partial charge in [-0.05, 0) is 25.7 Å². The van der Waals surface area contributed by atoms with Gasteiger partial charge in [-0.1, -0.05) is 0 Å². The third-order valence-electron chi connectivity index (χ3n) is 3.33. The largest absolute Gasteiger partial charge is 0.359 e. The average Bonchev–Trinajstić information content (AvgIpc) is 2.93. The van der Waals surface area contributed by atoms with Gasteiger partial charge in [0.15, 0.2) is 9.84 Å². The summed E-state index contributed by atoms with van der Waals surface area (Å²) in [6.07, 6.45) is 3.93. The van der Waals surface area contributed by atoms with Gasteiger partial charge >= 0.3 is 0 Å². The molecule has 1 atom stereocenters. The molecule has 1 aliphatic heterocycles. The van der Waals surface area contributed by atoms with Crippen LogP contribution in [0.4, 0.5) is 5.13 Å². The van der Waals surface area contributed by atoms with Gasteiger partial charge in [0.25, 0.3) is 0 Å². The maximum absolute atomic E-state index is 11.6. The smallest absolute Gasteiger partial charge is 0.202 e. The normalized spacial score (nSPS) is 27.2. The molecule has 1 aliphatic carbocycles. The number of rotatable bonds is 4. The lowest BCUT2D eigenvalue weighted by Crippen LogP contribution is -2.24. The quantitative estimate of drug-likeness (QED) is 0.898. The molecule has 0 spiro atoms. The van der Waals surface area contributed by atoms with Crippen LogP contribution in [-0.4, -0.2) is 35.3 Å². The van der Waals surface area contributed by atoms with E-state index in [0.29, 0.717) is 18.2 Å². The lowest BCUT2D eigenvalue weighted by Gasteiger charge is -2.08. The molecule has 7 heteroatoms. The minimum absolute atomic E-state index is 0.240. The highest BCUT2D eigenvalue weighted by Gasteiger charge is 2.31. The summed E-state index contributed by atoms with van der Waals surface area (Å²) in [7, 11) is -2.86. The van der Waals surface area contributed by atoms with Crippen LogP contribution in [-0.2, 0) is 9.84 Å². The standard InChI is InChI=1S/C10H15N3O2S2/c14-17(15)5-1-2-8(17)6-11-10-12-9(13-16-10)7-3-4-7/h7-8H,1-6H2,(H,11,12,13). The Morgan fingerprint density at radius 2 is 2.18 bits per heavy atom. The van der Waals surface area contributed by atoms with Crippen LogP contribution in [0.3, 0.4) is 0 Å². The Kier molecular flexibility index (Phi) is 2.82. The van der Waals surface area contributed by atoms with E-state index < -0.39 is 9.84 Å². The molecule has 2 heterocycles. The second-order valence-electron chi connectivity index (χ2n) is 4.74. The van der Waals surface area contributed by atoms with Crippen molar-refractivity contribution >= 4 is 26.5 Å². The minimum atomic E-state index is -2.86. The van der Waals surface area contributed by atoms with Gasteiger partial charge in [0, 0.05) is 24.0 Å². The fourth-order valence-electron chi connectivity index (χ4n) is 2.10. The summed E-state index contributed by atoms with van der Waals surface area (Å²) in [5.41, 5.74) is 0. The monoisotopic (exact) mass is 273 g/mol. The van der Waals surface area contributed by atoms with Gasteiger partial charge in [0.2, 0.25) is 5.13 Å². The Balaban J connectivity index is 1.59. The third kappa shape index (κ3) is 2.44. The van der Waals surface area contributed by atoms with Gasteiger partial charge in [-0.2, -0.15) is 4.37 Å². The first kappa shape index (κ1) is 11.4. The molecule has 1 saturated carbocycles. The predicted molar refractivity (Wildman–Crippen MR) is 67.2 cm³/mol. The van der Waals surface area contributed by atoms with Crippen LogP contribution < -0.4 is 5.32 Å². The second-order valence-corrected chi connectivity index (χ2v) is 7.90. The Hall–Kier alpha value is -0.690. The molecule has 94 valence electrons. The summed E-state index contributed by atoms with van der Waals surface area (Å²) in [4.78, 5) is 4.38. The van der Waals surface area contributed by atoms with Crippen LogP contribution in [0, 0.1) is 0 Å². The molecule has 17 heavy (non-hydrogen) atoms. The Bertz CT molecular complexity index is 507. The summed E-state index contributed by atoms with van der Waals surface area (Å²) in [6.45, 7) is 0.474. The van der Waals surface area contributed by atoms with E-state index in [1.807, 2.05) is 0 Å². The topological polar surface area (TPSA) is 72.0 Å². The van der Waals surface area contributed by atoms with Gasteiger partial charge < -0.3 is 5.32 Å². The third-order valence-corrected chi connectivity index (χ3v) is 6.29. The van der Waals surface area contributed by atoms with E-state index >= 15 is 0 Å². The van der Waals surface area contributed by atoms with Gasteiger partial charge in [0.1, 0.15) is 5.82 Å². The van der Waals surface area contributed by atoms with Crippen molar-refractivity contribution in [2.75, 3.05) is 17.6 Å². The fraction of sp³-hybridized carbons (Fsp3) is 0.800. The predicted octanol–water partition coefficient (Wildman–Crippen LogP) is 1.40. The summed E-state index contributed by atoms with van der Waals surface area (Å²) in [6, 6.07) is 0. The number of hydrogen-bond donors (Lipinski definition) is 1.